The molecule has 0 aliphatic carbocycles. The highest BCUT2D eigenvalue weighted by Gasteiger charge is 2.30. The van der Waals surface area contributed by atoms with Crippen molar-refractivity contribution in [2.75, 3.05) is 47.4 Å². The van der Waals surface area contributed by atoms with Gasteiger partial charge in [0.05, 0.1) is 6.61 Å². The number of benzene rings is 1. The molecule has 2 atom stereocenters. The molecule has 1 aromatic carbocycles. The van der Waals surface area contributed by atoms with Gasteiger partial charge in [-0.1, -0.05) is 12.1 Å². The molecule has 3 rings (SSSR count). The predicted molar refractivity (Wildman–Crippen MR) is 81.4 cm³/mol. The molecule has 2 unspecified atom stereocenters. The zero-order valence-corrected chi connectivity index (χ0v) is 12.7. The molecule has 0 radical (unpaired) electrons. The number of nitrogens with zero attached hydrogens (tertiary/aromatic N) is 2. The molecule has 0 spiro atoms. The second-order valence-corrected chi connectivity index (χ2v) is 6.04. The predicted octanol–water partition coefficient (Wildman–Crippen LogP) is 1.13. The number of piperazine rings is 1. The van der Waals surface area contributed by atoms with Gasteiger partial charge in [-0.25, -0.2) is 0 Å². The summed E-state index contributed by atoms with van der Waals surface area (Å²) < 4.78 is 5.61. The topological polar surface area (TPSA) is 27.7 Å². The second kappa shape index (κ2) is 5.72. The van der Waals surface area contributed by atoms with Crippen LogP contribution < -0.4 is 10.1 Å². The summed E-state index contributed by atoms with van der Waals surface area (Å²) in [5, 5.41) is 3.52. The van der Waals surface area contributed by atoms with Crippen molar-refractivity contribution >= 4 is 0 Å². The van der Waals surface area contributed by atoms with Crippen LogP contribution in [0.1, 0.15) is 17.2 Å². The third-order valence-electron chi connectivity index (χ3n) is 4.67. The zero-order valence-electron chi connectivity index (χ0n) is 12.7. The Hall–Kier alpha value is -1.10. The van der Waals surface area contributed by atoms with Gasteiger partial charge in [0.2, 0.25) is 0 Å². The molecule has 4 nitrogen and oxygen atoms in total. The fourth-order valence-electron chi connectivity index (χ4n) is 3.39. The van der Waals surface area contributed by atoms with E-state index in [2.05, 4.69) is 54.5 Å². The molecule has 20 heavy (non-hydrogen) atoms. The van der Waals surface area contributed by atoms with Crippen molar-refractivity contribution in [1.82, 2.24) is 15.1 Å². The lowest BCUT2D eigenvalue weighted by Gasteiger charge is -2.42. The molecular weight excluding hydrogens is 250 g/mol. The number of nitrogens with one attached hydrogen (secondary N) is 1. The molecule has 110 valence electrons. The molecule has 0 aromatic heterocycles. The van der Waals surface area contributed by atoms with Gasteiger partial charge in [0.15, 0.2) is 0 Å². The monoisotopic (exact) mass is 275 g/mol. The highest BCUT2D eigenvalue weighted by atomic mass is 16.5. The third kappa shape index (κ3) is 2.55. The van der Waals surface area contributed by atoms with Gasteiger partial charge in [0, 0.05) is 38.1 Å². The maximum absolute atomic E-state index is 5.61. The van der Waals surface area contributed by atoms with Crippen LogP contribution >= 0.6 is 0 Å². The molecule has 0 bridgehead atoms. The second-order valence-electron chi connectivity index (χ2n) is 6.04. The Balaban J connectivity index is 1.85. The Morgan fingerprint density at radius 3 is 2.95 bits per heavy atom. The van der Waals surface area contributed by atoms with Gasteiger partial charge in [-0.15, -0.1) is 0 Å². The van der Waals surface area contributed by atoms with Gasteiger partial charge in [0.1, 0.15) is 5.75 Å². The van der Waals surface area contributed by atoms with Crippen LogP contribution in [0.4, 0.5) is 0 Å². The van der Waals surface area contributed by atoms with E-state index < -0.39 is 0 Å². The first kappa shape index (κ1) is 13.9. The molecular formula is C16H25N3O. The fourth-order valence-corrected chi connectivity index (χ4v) is 3.39. The fraction of sp³-hybridized carbons (Fsp3) is 0.625. The van der Waals surface area contributed by atoms with Crippen LogP contribution in [-0.4, -0.2) is 63.2 Å². The van der Waals surface area contributed by atoms with Gasteiger partial charge in [-0.3, -0.25) is 4.90 Å². The average molecular weight is 275 g/mol. The van der Waals surface area contributed by atoms with Crippen molar-refractivity contribution in [2.24, 2.45) is 0 Å². The van der Waals surface area contributed by atoms with Gasteiger partial charge in [-0.05, 0) is 38.3 Å². The smallest absolute Gasteiger partial charge is 0.122 e. The van der Waals surface area contributed by atoms with Crippen molar-refractivity contribution in [3.8, 4) is 5.75 Å². The van der Waals surface area contributed by atoms with Crippen molar-refractivity contribution < 1.29 is 4.74 Å². The summed E-state index contributed by atoms with van der Waals surface area (Å²) >= 11 is 0. The minimum Gasteiger partial charge on any atom is -0.493 e. The summed E-state index contributed by atoms with van der Waals surface area (Å²) in [5.74, 6) is 1.07. The number of likely N-dealkylation sites (N-methyl/N-ethyl adjacent to an activating group) is 3. The normalized spacial score (nSPS) is 25.2. The quantitative estimate of drug-likeness (QED) is 0.895. The Labute approximate surface area is 121 Å². The number of rotatable bonds is 3. The van der Waals surface area contributed by atoms with Gasteiger partial charge in [0.25, 0.3) is 0 Å². The van der Waals surface area contributed by atoms with Crippen LogP contribution in [0.2, 0.25) is 0 Å². The lowest BCUT2D eigenvalue weighted by Crippen LogP contribution is -2.54. The first-order valence-electron chi connectivity index (χ1n) is 7.50. The molecule has 2 heterocycles. The van der Waals surface area contributed by atoms with Crippen molar-refractivity contribution in [3.63, 3.8) is 0 Å². The summed E-state index contributed by atoms with van der Waals surface area (Å²) in [6.07, 6.45) is 1.04. The third-order valence-corrected chi connectivity index (χ3v) is 4.67. The summed E-state index contributed by atoms with van der Waals surface area (Å²) in [7, 11) is 6.51. The standard InChI is InChI=1S/C16H25N3O/c1-17-16(14-11-18(2)7-8-19(14)3)13-4-5-15-12(10-13)6-9-20-15/h4-5,10,14,16-17H,6-9,11H2,1-3H3. The van der Waals surface area contributed by atoms with Gasteiger partial charge in [-0.2, -0.15) is 0 Å². The SMILES string of the molecule is CNC(c1ccc2c(c1)CCO2)C1CN(C)CCN1C. The van der Waals surface area contributed by atoms with E-state index >= 15 is 0 Å². The van der Waals surface area contributed by atoms with Crippen molar-refractivity contribution in [3.05, 3.63) is 29.3 Å². The van der Waals surface area contributed by atoms with Gasteiger partial charge >= 0.3 is 0 Å². The Bertz CT molecular complexity index is 477. The molecule has 0 amide bonds. The van der Waals surface area contributed by atoms with Crippen LogP contribution in [-0.2, 0) is 6.42 Å². The van der Waals surface area contributed by atoms with Crippen LogP contribution in [0.15, 0.2) is 18.2 Å². The van der Waals surface area contributed by atoms with Crippen LogP contribution in [0.25, 0.3) is 0 Å². The summed E-state index contributed by atoms with van der Waals surface area (Å²) in [5.41, 5.74) is 2.73. The largest absolute Gasteiger partial charge is 0.493 e. The lowest BCUT2D eigenvalue weighted by atomic mass is 9.94. The first-order chi connectivity index (χ1) is 9.69. The van der Waals surface area contributed by atoms with E-state index in [1.165, 1.54) is 11.1 Å². The number of ether oxygens (including phenoxy) is 1. The minimum atomic E-state index is 0.369. The highest BCUT2D eigenvalue weighted by molar-refractivity contribution is 5.41. The highest BCUT2D eigenvalue weighted by Crippen LogP contribution is 2.30. The summed E-state index contributed by atoms with van der Waals surface area (Å²) in [4.78, 5) is 4.90. The Morgan fingerprint density at radius 2 is 2.15 bits per heavy atom. The minimum absolute atomic E-state index is 0.369. The lowest BCUT2D eigenvalue weighted by molar-refractivity contribution is 0.0897. The Morgan fingerprint density at radius 1 is 1.30 bits per heavy atom. The Kier molecular flexibility index (Phi) is 3.96. The first-order valence-corrected chi connectivity index (χ1v) is 7.50. The van der Waals surface area contributed by atoms with E-state index in [-0.39, 0.29) is 0 Å². The van der Waals surface area contributed by atoms with Crippen LogP contribution in [0, 0.1) is 0 Å². The number of fused-ring (bicyclic) bond motifs is 1. The number of hydrogen-bond acceptors (Lipinski definition) is 4. The maximum Gasteiger partial charge on any atom is 0.122 e. The number of hydrogen-bond donors (Lipinski definition) is 1. The molecule has 1 N–H and O–H groups in total. The molecule has 2 aliphatic rings. The van der Waals surface area contributed by atoms with E-state index in [0.29, 0.717) is 12.1 Å². The van der Waals surface area contributed by atoms with E-state index in [0.717, 1.165) is 38.4 Å². The van der Waals surface area contributed by atoms with E-state index in [4.69, 9.17) is 4.74 Å². The van der Waals surface area contributed by atoms with E-state index in [9.17, 15) is 0 Å². The van der Waals surface area contributed by atoms with Crippen LogP contribution in [0.5, 0.6) is 5.75 Å². The molecule has 1 fully saturated rings. The maximum atomic E-state index is 5.61. The van der Waals surface area contributed by atoms with Crippen molar-refractivity contribution in [1.29, 1.82) is 0 Å². The van der Waals surface area contributed by atoms with Crippen molar-refractivity contribution in [2.45, 2.75) is 18.5 Å². The molecule has 4 heteroatoms. The zero-order chi connectivity index (χ0) is 14.1. The molecule has 0 saturated carbocycles. The molecule has 1 saturated heterocycles. The van der Waals surface area contributed by atoms with E-state index in [1.807, 2.05) is 0 Å². The molecule has 2 aliphatic heterocycles. The summed E-state index contributed by atoms with van der Waals surface area (Å²) in [6.45, 7) is 4.22. The van der Waals surface area contributed by atoms with Gasteiger partial charge < -0.3 is 15.0 Å². The average Bonchev–Trinajstić information content (AvgIpc) is 2.91. The molecule has 1 aromatic rings. The summed E-state index contributed by atoms with van der Waals surface area (Å²) in [6, 6.07) is 7.56. The van der Waals surface area contributed by atoms with Crippen LogP contribution in [0.3, 0.4) is 0 Å². The van der Waals surface area contributed by atoms with E-state index in [1.54, 1.807) is 0 Å².